The Morgan fingerprint density at radius 3 is 2.76 bits per heavy atom. The fourth-order valence-corrected chi connectivity index (χ4v) is 4.32. The minimum absolute atomic E-state index is 0.0876. The van der Waals surface area contributed by atoms with Crippen LogP contribution >= 0.6 is 0 Å². The van der Waals surface area contributed by atoms with E-state index in [1.165, 1.54) is 25.3 Å². The van der Waals surface area contributed by atoms with Crippen LogP contribution in [-0.4, -0.2) is 39.0 Å². The number of rotatable bonds is 7. The van der Waals surface area contributed by atoms with Gasteiger partial charge in [0.2, 0.25) is 11.9 Å². The summed E-state index contributed by atoms with van der Waals surface area (Å²) in [5.41, 5.74) is 4.09. The van der Waals surface area contributed by atoms with Crippen LogP contribution in [0.15, 0.2) is 61.2 Å². The molecule has 0 atom stereocenters. The number of carbonyl (C=O) groups excluding carboxylic acids is 1. The van der Waals surface area contributed by atoms with Crippen molar-refractivity contribution >= 4 is 34.1 Å². The monoisotopic (exact) mass is 456 g/mol. The highest BCUT2D eigenvalue weighted by Crippen LogP contribution is 2.30. The van der Waals surface area contributed by atoms with Gasteiger partial charge in [-0.1, -0.05) is 30.8 Å². The summed E-state index contributed by atoms with van der Waals surface area (Å²) in [5, 5.41) is 9.85. The minimum Gasteiger partial charge on any atom is -0.371 e. The van der Waals surface area contributed by atoms with E-state index in [1.807, 2.05) is 36.4 Å². The van der Waals surface area contributed by atoms with Gasteiger partial charge in [-0.2, -0.15) is 14.5 Å². The van der Waals surface area contributed by atoms with Crippen LogP contribution in [0.25, 0.3) is 22.3 Å². The second kappa shape index (κ2) is 9.43. The molecule has 0 aliphatic carbocycles. The number of anilines is 3. The molecule has 2 aromatic heterocycles. The van der Waals surface area contributed by atoms with E-state index in [0.717, 1.165) is 30.0 Å². The lowest BCUT2D eigenvalue weighted by molar-refractivity contribution is -0.114. The Bertz CT molecular complexity index is 1360. The van der Waals surface area contributed by atoms with Crippen molar-refractivity contribution in [2.24, 2.45) is 0 Å². The van der Waals surface area contributed by atoms with E-state index >= 15 is 0 Å². The topological polar surface area (TPSA) is 86.8 Å². The van der Waals surface area contributed by atoms with Crippen LogP contribution in [0.2, 0.25) is 0 Å². The maximum Gasteiger partial charge on any atom is 0.229 e. The van der Waals surface area contributed by atoms with Crippen LogP contribution < -0.4 is 10.2 Å². The molecule has 3 heterocycles. The molecule has 0 spiro atoms. The van der Waals surface area contributed by atoms with E-state index in [0.29, 0.717) is 17.2 Å². The normalized spacial score (nSPS) is 13.7. The van der Waals surface area contributed by atoms with Gasteiger partial charge in [-0.05, 0) is 55.2 Å². The Labute approximate surface area is 196 Å². The number of H-pyrrole nitrogens is 1. The number of fused-ring (bicyclic) bond motifs is 1. The van der Waals surface area contributed by atoms with Gasteiger partial charge >= 0.3 is 0 Å². The number of hydrogen-bond acceptors (Lipinski definition) is 6. The molecule has 172 valence electrons. The highest BCUT2D eigenvalue weighted by atomic mass is 19.1. The van der Waals surface area contributed by atoms with Gasteiger partial charge in [0.25, 0.3) is 0 Å². The third kappa shape index (κ3) is 4.52. The minimum atomic E-state index is -0.601. The second-order valence-electron chi connectivity index (χ2n) is 8.40. The third-order valence-electron chi connectivity index (χ3n) is 6.00. The van der Waals surface area contributed by atoms with E-state index in [1.54, 1.807) is 0 Å². The summed E-state index contributed by atoms with van der Waals surface area (Å²) in [4.78, 5) is 23.3. The first-order valence-electron chi connectivity index (χ1n) is 11.4. The summed E-state index contributed by atoms with van der Waals surface area (Å²) < 4.78 is 14.6. The summed E-state index contributed by atoms with van der Waals surface area (Å²) in [6, 6.07) is 15.5. The number of hydrogen-bond donors (Lipinski definition) is 2. The molecular formula is C26H25FN6O. The van der Waals surface area contributed by atoms with Crippen LogP contribution in [0.1, 0.15) is 24.8 Å². The van der Waals surface area contributed by atoms with Gasteiger partial charge in [0, 0.05) is 36.4 Å². The summed E-state index contributed by atoms with van der Waals surface area (Å²) in [6.45, 7) is 5.62. The van der Waals surface area contributed by atoms with Gasteiger partial charge < -0.3 is 10.2 Å². The quantitative estimate of drug-likeness (QED) is 0.372. The van der Waals surface area contributed by atoms with Crippen molar-refractivity contribution in [3.8, 4) is 11.3 Å². The average Bonchev–Trinajstić information content (AvgIpc) is 3.25. The average molecular weight is 457 g/mol. The lowest BCUT2D eigenvalue weighted by atomic mass is 10.0. The largest absolute Gasteiger partial charge is 0.371 e. The Hall–Kier alpha value is -4.07. The summed E-state index contributed by atoms with van der Waals surface area (Å²) in [7, 11) is 0. The van der Waals surface area contributed by atoms with Crippen LogP contribution in [0.4, 0.5) is 21.7 Å². The lowest BCUT2D eigenvalue weighted by Gasteiger charge is -2.29. The van der Waals surface area contributed by atoms with Crippen molar-refractivity contribution < 1.29 is 9.18 Å². The highest BCUT2D eigenvalue weighted by Gasteiger charge is 2.18. The maximum atomic E-state index is 14.6. The van der Waals surface area contributed by atoms with Crippen LogP contribution in [0, 0.1) is 5.95 Å². The molecule has 2 N–H and O–H groups in total. The molecule has 0 amide bonds. The molecule has 1 saturated heterocycles. The molecule has 1 aliphatic rings. The molecule has 0 bridgehead atoms. The number of allylic oxidation sites excluding steroid dienone is 1. The van der Waals surface area contributed by atoms with Crippen molar-refractivity contribution in [2.75, 3.05) is 23.3 Å². The molecule has 0 radical (unpaired) electrons. The van der Waals surface area contributed by atoms with Gasteiger partial charge in [-0.15, -0.1) is 0 Å². The predicted molar refractivity (Wildman–Crippen MR) is 132 cm³/mol. The van der Waals surface area contributed by atoms with Crippen LogP contribution in [0.5, 0.6) is 0 Å². The number of carbonyl (C=O) groups is 1. The zero-order valence-electron chi connectivity index (χ0n) is 18.7. The van der Waals surface area contributed by atoms with Gasteiger partial charge in [-0.25, -0.2) is 4.98 Å². The van der Waals surface area contributed by atoms with Gasteiger partial charge in [0.1, 0.15) is 5.39 Å². The fourth-order valence-electron chi connectivity index (χ4n) is 4.32. The number of nitrogens with one attached hydrogen (secondary N) is 2. The van der Waals surface area contributed by atoms with E-state index in [-0.39, 0.29) is 23.2 Å². The molecule has 5 rings (SSSR count). The van der Waals surface area contributed by atoms with E-state index < -0.39 is 5.95 Å². The Morgan fingerprint density at radius 2 is 1.94 bits per heavy atom. The molecule has 1 fully saturated rings. The number of aromatic nitrogens is 4. The summed E-state index contributed by atoms with van der Waals surface area (Å²) >= 11 is 0. The zero-order chi connectivity index (χ0) is 23.5. The Morgan fingerprint density at radius 1 is 1.12 bits per heavy atom. The SMILES string of the molecule is C=CC(=O)Cc1cccc(-c2nc(Nc3cccc(N4CCCCC4)c3)nc3n[nH]c(F)c23)c1. The van der Waals surface area contributed by atoms with Crippen molar-refractivity contribution in [3.63, 3.8) is 0 Å². The summed E-state index contributed by atoms with van der Waals surface area (Å²) in [6.07, 6.45) is 5.18. The molecule has 1 aliphatic heterocycles. The fraction of sp³-hybridized carbons (Fsp3) is 0.231. The number of piperidine rings is 1. The Balaban J connectivity index is 1.50. The number of halogens is 1. The highest BCUT2D eigenvalue weighted by molar-refractivity contribution is 5.93. The van der Waals surface area contributed by atoms with Crippen LogP contribution in [-0.2, 0) is 11.2 Å². The zero-order valence-corrected chi connectivity index (χ0v) is 18.7. The van der Waals surface area contributed by atoms with Crippen molar-refractivity contribution in [1.29, 1.82) is 0 Å². The molecule has 34 heavy (non-hydrogen) atoms. The predicted octanol–water partition coefficient (Wildman–Crippen LogP) is 5.19. The second-order valence-corrected chi connectivity index (χ2v) is 8.40. The van der Waals surface area contributed by atoms with Crippen LogP contribution in [0.3, 0.4) is 0 Å². The van der Waals surface area contributed by atoms with E-state index in [4.69, 9.17) is 0 Å². The number of nitrogens with zero attached hydrogens (tertiary/aromatic N) is 4. The standard InChI is InChI=1S/C26H25FN6O/c1-2-21(34)15-17-8-6-9-18(14-17)23-22-24(27)31-32-25(22)30-26(29-23)28-19-10-7-11-20(16-19)33-12-4-3-5-13-33/h2,6-11,14,16H,1,3-5,12-13,15H2,(H2,28,29,30,31,32). The van der Waals surface area contributed by atoms with Crippen molar-refractivity contribution in [3.05, 3.63) is 72.7 Å². The first kappa shape index (κ1) is 21.8. The first-order valence-corrected chi connectivity index (χ1v) is 11.4. The molecular weight excluding hydrogens is 431 g/mol. The summed E-state index contributed by atoms with van der Waals surface area (Å²) in [5.74, 6) is -0.371. The third-order valence-corrected chi connectivity index (χ3v) is 6.00. The van der Waals surface area contributed by atoms with E-state index in [2.05, 4.69) is 49.1 Å². The molecule has 0 unspecified atom stereocenters. The number of aromatic amines is 1. The molecule has 4 aromatic rings. The van der Waals surface area contributed by atoms with E-state index in [9.17, 15) is 9.18 Å². The molecule has 8 heteroatoms. The molecule has 2 aromatic carbocycles. The van der Waals surface area contributed by atoms with Gasteiger partial charge in [-0.3, -0.25) is 9.89 Å². The van der Waals surface area contributed by atoms with Gasteiger partial charge in [0.15, 0.2) is 11.4 Å². The van der Waals surface area contributed by atoms with Gasteiger partial charge in [0.05, 0.1) is 5.69 Å². The maximum absolute atomic E-state index is 14.6. The van der Waals surface area contributed by atoms with Crippen molar-refractivity contribution in [1.82, 2.24) is 20.2 Å². The smallest absolute Gasteiger partial charge is 0.229 e. The Kier molecular flexibility index (Phi) is 6.03. The lowest BCUT2D eigenvalue weighted by Crippen LogP contribution is -2.29. The molecule has 7 nitrogen and oxygen atoms in total. The number of ketones is 1. The number of benzene rings is 2. The first-order chi connectivity index (χ1) is 16.6. The van der Waals surface area contributed by atoms with Crippen molar-refractivity contribution in [2.45, 2.75) is 25.7 Å². The molecule has 0 saturated carbocycles.